The predicted octanol–water partition coefficient (Wildman–Crippen LogP) is 3.52. The lowest BCUT2D eigenvalue weighted by Gasteiger charge is -2.34. The molecule has 1 heterocycles. The fourth-order valence-corrected chi connectivity index (χ4v) is 3.18. The molecule has 2 rings (SSSR count). The highest BCUT2D eigenvalue weighted by atomic mass is 35.5. The zero-order valence-corrected chi connectivity index (χ0v) is 13.0. The molecule has 0 aromatic heterocycles. The van der Waals surface area contributed by atoms with Crippen LogP contribution in [-0.4, -0.2) is 22.9 Å². The topological polar surface area (TPSA) is 46.3 Å². The molecule has 1 aromatic carbocycles. The third-order valence-electron chi connectivity index (χ3n) is 4.47. The maximum atomic E-state index is 12.8. The number of amides is 1. The van der Waals surface area contributed by atoms with Gasteiger partial charge in [-0.2, -0.15) is 0 Å². The van der Waals surface area contributed by atoms with Crippen LogP contribution in [0, 0.1) is 0 Å². The molecule has 1 aromatic rings. The molecular formula is C16H23ClN2O. The van der Waals surface area contributed by atoms with Crippen molar-refractivity contribution in [1.82, 2.24) is 4.90 Å². The standard InChI is InChI=1S/C16H23ClN2O/c1-3-16(18,4-2)15(20)19-11-7-10-14(19)12-8-5-6-9-13(12)17/h5-6,8-9,14H,3-4,7,10-11,18H2,1-2H3. The monoisotopic (exact) mass is 294 g/mol. The van der Waals surface area contributed by atoms with E-state index in [2.05, 4.69) is 0 Å². The van der Waals surface area contributed by atoms with Crippen LogP contribution in [0.1, 0.15) is 51.1 Å². The Kier molecular flexibility index (Phi) is 4.71. The quantitative estimate of drug-likeness (QED) is 0.923. The Bertz CT molecular complexity index is 485. The van der Waals surface area contributed by atoms with Gasteiger partial charge in [-0.05, 0) is 37.3 Å². The van der Waals surface area contributed by atoms with Gasteiger partial charge in [-0.25, -0.2) is 0 Å². The van der Waals surface area contributed by atoms with Crippen molar-refractivity contribution in [2.24, 2.45) is 5.73 Å². The van der Waals surface area contributed by atoms with Crippen LogP contribution in [0.25, 0.3) is 0 Å². The smallest absolute Gasteiger partial charge is 0.243 e. The van der Waals surface area contributed by atoms with Crippen LogP contribution in [0.15, 0.2) is 24.3 Å². The highest BCUT2D eigenvalue weighted by Crippen LogP contribution is 2.37. The van der Waals surface area contributed by atoms with Gasteiger partial charge in [-0.3, -0.25) is 4.79 Å². The molecule has 110 valence electrons. The first-order valence-electron chi connectivity index (χ1n) is 7.38. The number of nitrogens with two attached hydrogens (primary N) is 1. The molecule has 0 bridgehead atoms. The molecule has 20 heavy (non-hydrogen) atoms. The predicted molar refractivity (Wildman–Crippen MR) is 82.6 cm³/mol. The summed E-state index contributed by atoms with van der Waals surface area (Å²) in [5, 5.41) is 0.729. The van der Waals surface area contributed by atoms with Crippen molar-refractivity contribution in [2.75, 3.05) is 6.54 Å². The van der Waals surface area contributed by atoms with Gasteiger partial charge in [0.2, 0.25) is 5.91 Å². The number of rotatable bonds is 4. The van der Waals surface area contributed by atoms with Gasteiger partial charge in [-0.15, -0.1) is 0 Å². The Labute approximate surface area is 126 Å². The summed E-state index contributed by atoms with van der Waals surface area (Å²) in [5.41, 5.74) is 6.56. The number of hydrogen-bond acceptors (Lipinski definition) is 2. The first-order chi connectivity index (χ1) is 9.53. The van der Waals surface area contributed by atoms with Crippen LogP contribution in [0.5, 0.6) is 0 Å². The van der Waals surface area contributed by atoms with Crippen LogP contribution < -0.4 is 5.73 Å². The van der Waals surface area contributed by atoms with Crippen molar-refractivity contribution in [2.45, 2.75) is 51.1 Å². The minimum Gasteiger partial charge on any atom is -0.334 e. The highest BCUT2D eigenvalue weighted by Gasteiger charge is 2.39. The van der Waals surface area contributed by atoms with Crippen LogP contribution in [0.2, 0.25) is 5.02 Å². The molecular weight excluding hydrogens is 272 g/mol. The third-order valence-corrected chi connectivity index (χ3v) is 4.81. The van der Waals surface area contributed by atoms with Gasteiger partial charge < -0.3 is 10.6 Å². The molecule has 0 saturated carbocycles. The van der Waals surface area contributed by atoms with E-state index >= 15 is 0 Å². The summed E-state index contributed by atoms with van der Waals surface area (Å²) in [6.45, 7) is 4.72. The van der Waals surface area contributed by atoms with Gasteiger partial charge in [0, 0.05) is 11.6 Å². The first kappa shape index (κ1) is 15.3. The van der Waals surface area contributed by atoms with Crippen molar-refractivity contribution >= 4 is 17.5 Å². The zero-order chi connectivity index (χ0) is 14.8. The summed E-state index contributed by atoms with van der Waals surface area (Å²) in [7, 11) is 0. The summed E-state index contributed by atoms with van der Waals surface area (Å²) < 4.78 is 0. The minimum atomic E-state index is -0.746. The van der Waals surface area contributed by atoms with Crippen molar-refractivity contribution in [3.63, 3.8) is 0 Å². The Hall–Kier alpha value is -1.06. The summed E-state index contributed by atoms with van der Waals surface area (Å²) in [6.07, 6.45) is 3.28. The highest BCUT2D eigenvalue weighted by molar-refractivity contribution is 6.31. The molecule has 1 amide bonds. The SMILES string of the molecule is CCC(N)(CC)C(=O)N1CCCC1c1ccccc1Cl. The molecule has 1 saturated heterocycles. The number of nitrogens with zero attached hydrogens (tertiary/aromatic N) is 1. The lowest BCUT2D eigenvalue weighted by atomic mass is 9.91. The summed E-state index contributed by atoms with van der Waals surface area (Å²) in [6, 6.07) is 7.84. The van der Waals surface area contributed by atoms with E-state index in [0.29, 0.717) is 12.8 Å². The summed E-state index contributed by atoms with van der Waals surface area (Å²) in [4.78, 5) is 14.7. The van der Waals surface area contributed by atoms with E-state index in [1.54, 1.807) is 0 Å². The van der Waals surface area contributed by atoms with E-state index in [1.165, 1.54) is 0 Å². The number of carbonyl (C=O) groups is 1. The largest absolute Gasteiger partial charge is 0.334 e. The molecule has 2 N–H and O–H groups in total. The second-order valence-corrected chi connectivity index (χ2v) is 5.95. The molecule has 0 radical (unpaired) electrons. The van der Waals surface area contributed by atoms with Crippen LogP contribution in [-0.2, 0) is 4.79 Å². The van der Waals surface area contributed by atoms with Crippen LogP contribution in [0.4, 0.5) is 0 Å². The molecule has 0 aliphatic carbocycles. The van der Waals surface area contributed by atoms with E-state index in [-0.39, 0.29) is 11.9 Å². The minimum absolute atomic E-state index is 0.0601. The number of benzene rings is 1. The van der Waals surface area contributed by atoms with Crippen molar-refractivity contribution < 1.29 is 4.79 Å². The van der Waals surface area contributed by atoms with E-state index in [0.717, 1.165) is 30.0 Å². The number of likely N-dealkylation sites (tertiary alicyclic amines) is 1. The zero-order valence-electron chi connectivity index (χ0n) is 12.2. The van der Waals surface area contributed by atoms with E-state index in [1.807, 2.05) is 43.0 Å². The van der Waals surface area contributed by atoms with Gasteiger partial charge in [0.25, 0.3) is 0 Å². The second-order valence-electron chi connectivity index (χ2n) is 5.54. The van der Waals surface area contributed by atoms with Gasteiger partial charge in [0.05, 0.1) is 11.6 Å². The van der Waals surface area contributed by atoms with Gasteiger partial charge in [0.15, 0.2) is 0 Å². The van der Waals surface area contributed by atoms with E-state index < -0.39 is 5.54 Å². The summed E-state index contributed by atoms with van der Waals surface area (Å²) >= 11 is 6.29. The first-order valence-corrected chi connectivity index (χ1v) is 7.75. The normalized spacial score (nSPS) is 19.4. The summed E-state index contributed by atoms with van der Waals surface area (Å²) in [5.74, 6) is 0.0601. The number of carbonyl (C=O) groups excluding carboxylic acids is 1. The average molecular weight is 295 g/mol. The van der Waals surface area contributed by atoms with Crippen LogP contribution in [0.3, 0.4) is 0 Å². The Balaban J connectivity index is 2.28. The molecule has 1 aliphatic heterocycles. The lowest BCUT2D eigenvalue weighted by Crippen LogP contribution is -2.54. The molecule has 1 atom stereocenters. The van der Waals surface area contributed by atoms with Gasteiger partial charge in [-0.1, -0.05) is 43.6 Å². The van der Waals surface area contributed by atoms with Crippen molar-refractivity contribution in [3.8, 4) is 0 Å². The molecule has 4 heteroatoms. The lowest BCUT2D eigenvalue weighted by molar-refractivity contribution is -0.138. The maximum Gasteiger partial charge on any atom is 0.243 e. The fraction of sp³-hybridized carbons (Fsp3) is 0.562. The Morgan fingerprint density at radius 3 is 2.65 bits per heavy atom. The molecule has 3 nitrogen and oxygen atoms in total. The van der Waals surface area contributed by atoms with Crippen LogP contribution >= 0.6 is 11.6 Å². The molecule has 1 aliphatic rings. The fourth-order valence-electron chi connectivity index (χ4n) is 2.92. The molecule has 1 fully saturated rings. The van der Waals surface area contributed by atoms with Gasteiger partial charge in [0.1, 0.15) is 0 Å². The van der Waals surface area contributed by atoms with Gasteiger partial charge >= 0.3 is 0 Å². The Morgan fingerprint density at radius 2 is 2.05 bits per heavy atom. The third kappa shape index (κ3) is 2.70. The second kappa shape index (κ2) is 6.15. The molecule has 0 spiro atoms. The van der Waals surface area contributed by atoms with E-state index in [9.17, 15) is 4.79 Å². The molecule has 1 unspecified atom stereocenters. The van der Waals surface area contributed by atoms with E-state index in [4.69, 9.17) is 17.3 Å². The average Bonchev–Trinajstić information content (AvgIpc) is 2.95. The number of hydrogen-bond donors (Lipinski definition) is 1. The number of halogens is 1. The Morgan fingerprint density at radius 1 is 1.40 bits per heavy atom. The van der Waals surface area contributed by atoms with Crippen molar-refractivity contribution in [3.05, 3.63) is 34.9 Å². The van der Waals surface area contributed by atoms with Crippen molar-refractivity contribution in [1.29, 1.82) is 0 Å². The maximum absolute atomic E-state index is 12.8.